The molecule has 0 unspecified atom stereocenters. The molecule has 0 radical (unpaired) electrons. The lowest BCUT2D eigenvalue weighted by Crippen LogP contribution is -2.48. The van der Waals surface area contributed by atoms with Crippen LogP contribution in [0.3, 0.4) is 0 Å². The summed E-state index contributed by atoms with van der Waals surface area (Å²) in [6, 6.07) is 6.13. The van der Waals surface area contributed by atoms with Crippen LogP contribution in [0.1, 0.15) is 25.3 Å². The van der Waals surface area contributed by atoms with Gasteiger partial charge >= 0.3 is 0 Å². The lowest BCUT2D eigenvalue weighted by molar-refractivity contribution is 0.267. The second-order valence-electron chi connectivity index (χ2n) is 5.24. The Balaban J connectivity index is 1.76. The molecule has 0 bridgehead atoms. The maximum atomic E-state index is 9.36. The number of anilines is 1. The van der Waals surface area contributed by atoms with Gasteiger partial charge in [-0.05, 0) is 38.0 Å². The van der Waals surface area contributed by atoms with Crippen molar-refractivity contribution in [3.8, 4) is 5.75 Å². The lowest BCUT2D eigenvalue weighted by Gasteiger charge is -2.42. The number of benzene rings is 1. The smallest absolute Gasteiger partial charge is 0.124 e. The highest BCUT2D eigenvalue weighted by Gasteiger charge is 2.52. The Bertz CT molecular complexity index is 418. The third-order valence-corrected chi connectivity index (χ3v) is 3.89. The molecule has 92 valence electrons. The fourth-order valence-corrected chi connectivity index (χ4v) is 2.62. The predicted octanol–water partition coefficient (Wildman–Crippen LogP) is 2.18. The van der Waals surface area contributed by atoms with Crippen LogP contribution in [0.25, 0.3) is 0 Å². The van der Waals surface area contributed by atoms with E-state index in [0.717, 1.165) is 11.3 Å². The first-order valence-electron chi connectivity index (χ1n) is 6.38. The largest absolute Gasteiger partial charge is 0.494 e. The Morgan fingerprint density at radius 3 is 2.71 bits per heavy atom. The molecule has 0 atom stereocenters. The van der Waals surface area contributed by atoms with E-state index in [0.29, 0.717) is 12.0 Å². The molecule has 3 nitrogen and oxygen atoms in total. The average Bonchev–Trinajstić information content (AvgIpc) is 3.08. The molecule has 1 aliphatic carbocycles. The second-order valence-corrected chi connectivity index (χ2v) is 5.24. The Kier molecular flexibility index (Phi) is 2.51. The predicted molar refractivity (Wildman–Crippen MR) is 67.4 cm³/mol. The van der Waals surface area contributed by atoms with Crippen LogP contribution in [0.5, 0.6) is 5.75 Å². The first-order valence-corrected chi connectivity index (χ1v) is 6.38. The van der Waals surface area contributed by atoms with E-state index < -0.39 is 0 Å². The zero-order valence-electron chi connectivity index (χ0n) is 10.3. The highest BCUT2D eigenvalue weighted by molar-refractivity contribution is 5.56. The van der Waals surface area contributed by atoms with Gasteiger partial charge in [-0.25, -0.2) is 0 Å². The summed E-state index contributed by atoms with van der Waals surface area (Å²) in [4.78, 5) is 2.39. The van der Waals surface area contributed by atoms with E-state index in [-0.39, 0.29) is 6.61 Å². The van der Waals surface area contributed by atoms with Crippen LogP contribution >= 0.6 is 0 Å². The molecule has 1 saturated heterocycles. The van der Waals surface area contributed by atoms with Crippen molar-refractivity contribution >= 4 is 5.69 Å². The average molecular weight is 233 g/mol. The Hall–Kier alpha value is -1.22. The van der Waals surface area contributed by atoms with Crippen LogP contribution in [0, 0.1) is 5.41 Å². The van der Waals surface area contributed by atoms with Gasteiger partial charge in [-0.2, -0.15) is 0 Å². The summed E-state index contributed by atoms with van der Waals surface area (Å²) in [5, 5.41) is 9.36. The van der Waals surface area contributed by atoms with E-state index in [4.69, 9.17) is 4.74 Å². The number of aliphatic hydroxyl groups is 1. The highest BCUT2D eigenvalue weighted by Crippen LogP contribution is 2.54. The minimum absolute atomic E-state index is 0.0438. The maximum Gasteiger partial charge on any atom is 0.124 e. The number of nitrogens with zero attached hydrogens (tertiary/aromatic N) is 1. The molecule has 0 aromatic heterocycles. The highest BCUT2D eigenvalue weighted by atomic mass is 16.5. The molecule has 1 saturated carbocycles. The van der Waals surface area contributed by atoms with E-state index in [1.54, 1.807) is 0 Å². The van der Waals surface area contributed by atoms with E-state index >= 15 is 0 Å². The number of rotatable bonds is 4. The SMILES string of the molecule is CCOc1ccc(N2CC3(CC3)C2)cc1CO. The molecular weight excluding hydrogens is 214 g/mol. The molecule has 1 aliphatic heterocycles. The van der Waals surface area contributed by atoms with Gasteiger partial charge in [0.2, 0.25) is 0 Å². The van der Waals surface area contributed by atoms with Gasteiger partial charge in [0.1, 0.15) is 5.75 Å². The zero-order chi connectivity index (χ0) is 11.9. The van der Waals surface area contributed by atoms with Gasteiger partial charge < -0.3 is 14.7 Å². The van der Waals surface area contributed by atoms with Gasteiger partial charge in [0.05, 0.1) is 13.2 Å². The molecule has 1 aromatic carbocycles. The van der Waals surface area contributed by atoms with Gasteiger partial charge in [-0.3, -0.25) is 0 Å². The van der Waals surface area contributed by atoms with Gasteiger partial charge in [-0.15, -0.1) is 0 Å². The minimum atomic E-state index is 0.0438. The molecule has 3 rings (SSSR count). The standard InChI is InChI=1S/C14H19NO2/c1-2-17-13-4-3-12(7-11(13)8-16)15-9-14(10-15)5-6-14/h3-4,7,16H,2,5-6,8-10H2,1H3. The lowest BCUT2D eigenvalue weighted by atomic mass is 9.95. The van der Waals surface area contributed by atoms with Gasteiger partial charge in [0.15, 0.2) is 0 Å². The molecule has 2 fully saturated rings. The van der Waals surface area contributed by atoms with E-state index in [9.17, 15) is 5.11 Å². The van der Waals surface area contributed by atoms with Gasteiger partial charge in [0.25, 0.3) is 0 Å². The van der Waals surface area contributed by atoms with E-state index in [1.165, 1.54) is 31.6 Å². The fraction of sp³-hybridized carbons (Fsp3) is 0.571. The summed E-state index contributed by atoms with van der Waals surface area (Å²) in [6.07, 6.45) is 2.79. The van der Waals surface area contributed by atoms with Gasteiger partial charge in [-0.1, -0.05) is 0 Å². The maximum absolute atomic E-state index is 9.36. The molecule has 0 amide bonds. The Labute approximate surface area is 102 Å². The summed E-state index contributed by atoms with van der Waals surface area (Å²) in [5.41, 5.74) is 2.77. The molecule has 1 spiro atoms. The molecule has 2 aliphatic rings. The number of aliphatic hydroxyl groups excluding tert-OH is 1. The quantitative estimate of drug-likeness (QED) is 0.865. The third-order valence-electron chi connectivity index (χ3n) is 3.89. The zero-order valence-corrected chi connectivity index (χ0v) is 10.3. The normalized spacial score (nSPS) is 20.2. The van der Waals surface area contributed by atoms with Crippen LogP contribution in [-0.2, 0) is 6.61 Å². The molecule has 1 N–H and O–H groups in total. The van der Waals surface area contributed by atoms with Crippen LogP contribution in [0.4, 0.5) is 5.69 Å². The van der Waals surface area contributed by atoms with Crippen molar-refractivity contribution in [2.75, 3.05) is 24.6 Å². The van der Waals surface area contributed by atoms with Crippen LogP contribution in [-0.4, -0.2) is 24.8 Å². The summed E-state index contributed by atoms with van der Waals surface area (Å²) >= 11 is 0. The molecule has 1 aromatic rings. The van der Waals surface area contributed by atoms with Crippen LogP contribution in [0.2, 0.25) is 0 Å². The molecule has 1 heterocycles. The van der Waals surface area contributed by atoms with Crippen LogP contribution < -0.4 is 9.64 Å². The van der Waals surface area contributed by atoms with Crippen molar-refractivity contribution in [3.05, 3.63) is 23.8 Å². The van der Waals surface area contributed by atoms with Gasteiger partial charge in [0, 0.05) is 29.8 Å². The topological polar surface area (TPSA) is 32.7 Å². The summed E-state index contributed by atoms with van der Waals surface area (Å²) in [5.74, 6) is 0.806. The van der Waals surface area contributed by atoms with Crippen LogP contribution in [0.15, 0.2) is 18.2 Å². The molecule has 3 heteroatoms. The number of hydrogen-bond donors (Lipinski definition) is 1. The van der Waals surface area contributed by atoms with Crippen molar-refractivity contribution in [2.24, 2.45) is 5.41 Å². The number of hydrogen-bond acceptors (Lipinski definition) is 3. The Morgan fingerprint density at radius 2 is 2.12 bits per heavy atom. The summed E-state index contributed by atoms with van der Waals surface area (Å²) in [7, 11) is 0. The Morgan fingerprint density at radius 1 is 1.35 bits per heavy atom. The van der Waals surface area contributed by atoms with E-state index in [2.05, 4.69) is 17.0 Å². The van der Waals surface area contributed by atoms with Crippen molar-refractivity contribution in [2.45, 2.75) is 26.4 Å². The summed E-state index contributed by atoms with van der Waals surface area (Å²) in [6.45, 7) is 5.01. The molecule has 17 heavy (non-hydrogen) atoms. The molecular formula is C14H19NO2. The second kappa shape index (κ2) is 3.91. The van der Waals surface area contributed by atoms with Crippen molar-refractivity contribution in [1.82, 2.24) is 0 Å². The minimum Gasteiger partial charge on any atom is -0.494 e. The summed E-state index contributed by atoms with van der Waals surface area (Å²) < 4.78 is 5.49. The van der Waals surface area contributed by atoms with Crippen molar-refractivity contribution in [1.29, 1.82) is 0 Å². The fourth-order valence-electron chi connectivity index (χ4n) is 2.62. The number of ether oxygens (including phenoxy) is 1. The first kappa shape index (κ1) is 10.9. The monoisotopic (exact) mass is 233 g/mol. The van der Waals surface area contributed by atoms with Crippen molar-refractivity contribution < 1.29 is 9.84 Å². The first-order chi connectivity index (χ1) is 8.26. The van der Waals surface area contributed by atoms with Crippen molar-refractivity contribution in [3.63, 3.8) is 0 Å². The van der Waals surface area contributed by atoms with E-state index in [1.807, 2.05) is 13.0 Å². The third kappa shape index (κ3) is 1.89.